The summed E-state index contributed by atoms with van der Waals surface area (Å²) >= 11 is 0. The van der Waals surface area contributed by atoms with E-state index in [-0.39, 0.29) is 18.5 Å². The Morgan fingerprint density at radius 3 is 2.48 bits per heavy atom. The molecule has 0 radical (unpaired) electrons. The number of hydrogen-bond acceptors (Lipinski definition) is 3. The zero-order valence-corrected chi connectivity index (χ0v) is 14.1. The second-order valence-corrected chi connectivity index (χ2v) is 7.34. The van der Waals surface area contributed by atoms with Gasteiger partial charge < -0.3 is 5.32 Å². The number of rotatable bonds is 6. The van der Waals surface area contributed by atoms with Crippen molar-refractivity contribution in [3.63, 3.8) is 0 Å². The number of benzene rings is 1. The predicted octanol–water partition coefficient (Wildman–Crippen LogP) is 1.98. The van der Waals surface area contributed by atoms with E-state index >= 15 is 0 Å². The second kappa shape index (κ2) is 6.93. The van der Waals surface area contributed by atoms with Crippen molar-refractivity contribution in [3.05, 3.63) is 29.3 Å². The van der Waals surface area contributed by atoms with Crippen LogP contribution in [0.25, 0.3) is 0 Å². The van der Waals surface area contributed by atoms with Crippen LogP contribution in [0.5, 0.6) is 0 Å². The first kappa shape index (κ1) is 17.5. The van der Waals surface area contributed by atoms with Crippen LogP contribution < -0.4 is 9.62 Å². The van der Waals surface area contributed by atoms with E-state index in [1.807, 2.05) is 39.8 Å². The Hall–Kier alpha value is -1.56. The molecule has 0 aliphatic carbocycles. The highest BCUT2D eigenvalue weighted by molar-refractivity contribution is 7.92. The number of nitrogens with one attached hydrogen (secondary N) is 1. The van der Waals surface area contributed by atoms with Gasteiger partial charge in [-0.05, 0) is 44.4 Å². The molecule has 1 aromatic carbocycles. The number of sulfonamides is 1. The molecule has 21 heavy (non-hydrogen) atoms. The summed E-state index contributed by atoms with van der Waals surface area (Å²) in [4.78, 5) is 12.0. The van der Waals surface area contributed by atoms with Crippen LogP contribution in [0.2, 0.25) is 0 Å². The topological polar surface area (TPSA) is 66.5 Å². The first-order valence-electron chi connectivity index (χ1n) is 6.99. The Labute approximate surface area is 127 Å². The molecule has 0 saturated carbocycles. The Kier molecular flexibility index (Phi) is 5.78. The highest BCUT2D eigenvalue weighted by atomic mass is 32.2. The fraction of sp³-hybridized carbons (Fsp3) is 0.533. The summed E-state index contributed by atoms with van der Waals surface area (Å²) in [5.74, 6) is -0.296. The minimum absolute atomic E-state index is 0.0255. The molecule has 0 bridgehead atoms. The van der Waals surface area contributed by atoms with Gasteiger partial charge in [-0.2, -0.15) is 0 Å². The van der Waals surface area contributed by atoms with Crippen LogP contribution >= 0.6 is 0 Å². The Bertz CT molecular complexity index is 611. The van der Waals surface area contributed by atoms with Crippen LogP contribution in [-0.4, -0.2) is 33.2 Å². The number of nitrogens with zero attached hydrogens (tertiary/aromatic N) is 1. The molecule has 1 rings (SSSR count). The fourth-order valence-corrected chi connectivity index (χ4v) is 2.83. The third-order valence-electron chi connectivity index (χ3n) is 3.34. The highest BCUT2D eigenvalue weighted by Gasteiger charge is 2.22. The fourth-order valence-electron chi connectivity index (χ4n) is 1.92. The van der Waals surface area contributed by atoms with Gasteiger partial charge in [-0.1, -0.05) is 19.1 Å². The lowest BCUT2D eigenvalue weighted by atomic mass is 10.1. The van der Waals surface area contributed by atoms with E-state index in [0.717, 1.165) is 28.1 Å². The molecule has 5 nitrogen and oxygen atoms in total. The molecule has 0 unspecified atom stereocenters. The van der Waals surface area contributed by atoms with Crippen molar-refractivity contribution in [2.75, 3.05) is 17.1 Å². The van der Waals surface area contributed by atoms with Gasteiger partial charge in [0.25, 0.3) is 0 Å². The summed E-state index contributed by atoms with van der Waals surface area (Å²) in [7, 11) is -3.52. The van der Waals surface area contributed by atoms with E-state index < -0.39 is 10.0 Å². The van der Waals surface area contributed by atoms with Crippen molar-refractivity contribution in [1.82, 2.24) is 5.32 Å². The minimum atomic E-state index is -3.52. The van der Waals surface area contributed by atoms with Crippen molar-refractivity contribution < 1.29 is 13.2 Å². The average Bonchev–Trinajstić information content (AvgIpc) is 2.37. The SMILES string of the molecule is CC[C@H](C)NC(=O)CN(c1cc(C)ccc1C)S(C)(=O)=O. The summed E-state index contributed by atoms with van der Waals surface area (Å²) < 4.78 is 25.2. The number of aryl methyl sites for hydroxylation is 2. The van der Waals surface area contributed by atoms with Gasteiger partial charge in [-0.3, -0.25) is 9.10 Å². The van der Waals surface area contributed by atoms with E-state index in [9.17, 15) is 13.2 Å². The molecule has 1 atom stereocenters. The van der Waals surface area contributed by atoms with E-state index in [2.05, 4.69) is 5.32 Å². The average molecular weight is 312 g/mol. The standard InChI is InChI=1S/C15H24N2O3S/c1-6-13(4)16-15(18)10-17(21(5,19)20)14-9-11(2)7-8-12(14)3/h7-9,13H,6,10H2,1-5H3,(H,16,18)/t13-/m0/s1. The van der Waals surface area contributed by atoms with Crippen molar-refractivity contribution in [2.24, 2.45) is 0 Å². The van der Waals surface area contributed by atoms with Crippen molar-refractivity contribution in [2.45, 2.75) is 40.2 Å². The van der Waals surface area contributed by atoms with Gasteiger partial charge in [-0.15, -0.1) is 0 Å². The molecular formula is C15H24N2O3S. The lowest BCUT2D eigenvalue weighted by molar-refractivity contribution is -0.120. The van der Waals surface area contributed by atoms with Gasteiger partial charge in [0.2, 0.25) is 15.9 Å². The van der Waals surface area contributed by atoms with Crippen LogP contribution in [0.4, 0.5) is 5.69 Å². The molecule has 1 aromatic rings. The second-order valence-electron chi connectivity index (χ2n) is 5.44. The first-order chi connectivity index (χ1) is 9.65. The molecule has 0 spiro atoms. The Morgan fingerprint density at radius 1 is 1.33 bits per heavy atom. The van der Waals surface area contributed by atoms with Crippen molar-refractivity contribution >= 4 is 21.6 Å². The molecule has 1 amide bonds. The maximum Gasteiger partial charge on any atom is 0.240 e. The monoisotopic (exact) mass is 312 g/mol. The molecule has 0 aliphatic heterocycles. The quantitative estimate of drug-likeness (QED) is 0.873. The number of anilines is 1. The lowest BCUT2D eigenvalue weighted by Crippen LogP contribution is -2.43. The number of carbonyl (C=O) groups excluding carboxylic acids is 1. The van der Waals surface area contributed by atoms with Crippen molar-refractivity contribution in [3.8, 4) is 0 Å². The number of carbonyl (C=O) groups is 1. The number of amides is 1. The molecule has 0 saturated heterocycles. The summed E-state index contributed by atoms with van der Waals surface area (Å²) in [6.07, 6.45) is 1.92. The highest BCUT2D eigenvalue weighted by Crippen LogP contribution is 2.23. The van der Waals surface area contributed by atoms with Gasteiger partial charge in [0, 0.05) is 6.04 Å². The molecule has 1 N–H and O–H groups in total. The smallest absolute Gasteiger partial charge is 0.240 e. The molecule has 6 heteroatoms. The van der Waals surface area contributed by atoms with Crippen LogP contribution in [0.1, 0.15) is 31.4 Å². The zero-order valence-electron chi connectivity index (χ0n) is 13.3. The molecule has 0 heterocycles. The van der Waals surface area contributed by atoms with Gasteiger partial charge in [0.1, 0.15) is 6.54 Å². The van der Waals surface area contributed by atoms with E-state index in [0.29, 0.717) is 5.69 Å². The Balaban J connectivity index is 3.08. The normalized spacial score (nSPS) is 12.8. The third kappa shape index (κ3) is 5.04. The summed E-state index contributed by atoms with van der Waals surface area (Å²) in [6, 6.07) is 5.58. The molecular weight excluding hydrogens is 288 g/mol. The summed E-state index contributed by atoms with van der Waals surface area (Å²) in [5, 5.41) is 2.79. The minimum Gasteiger partial charge on any atom is -0.352 e. The van der Waals surface area contributed by atoms with E-state index in [4.69, 9.17) is 0 Å². The van der Waals surface area contributed by atoms with Gasteiger partial charge in [0.15, 0.2) is 0 Å². The van der Waals surface area contributed by atoms with Gasteiger partial charge in [-0.25, -0.2) is 8.42 Å². The van der Waals surface area contributed by atoms with Crippen LogP contribution in [0, 0.1) is 13.8 Å². The molecule has 0 fully saturated rings. The largest absolute Gasteiger partial charge is 0.352 e. The van der Waals surface area contributed by atoms with Gasteiger partial charge in [0.05, 0.1) is 11.9 Å². The summed E-state index contributed by atoms with van der Waals surface area (Å²) in [6.45, 7) is 7.38. The maximum atomic E-state index is 12.0. The van der Waals surface area contributed by atoms with Crippen LogP contribution in [-0.2, 0) is 14.8 Å². The van der Waals surface area contributed by atoms with E-state index in [1.54, 1.807) is 6.07 Å². The van der Waals surface area contributed by atoms with Crippen molar-refractivity contribution in [1.29, 1.82) is 0 Å². The van der Waals surface area contributed by atoms with Crippen LogP contribution in [0.3, 0.4) is 0 Å². The van der Waals surface area contributed by atoms with E-state index in [1.165, 1.54) is 0 Å². The first-order valence-corrected chi connectivity index (χ1v) is 8.84. The zero-order chi connectivity index (χ0) is 16.2. The third-order valence-corrected chi connectivity index (χ3v) is 4.47. The summed E-state index contributed by atoms with van der Waals surface area (Å²) in [5.41, 5.74) is 2.32. The lowest BCUT2D eigenvalue weighted by Gasteiger charge is -2.24. The van der Waals surface area contributed by atoms with Crippen LogP contribution in [0.15, 0.2) is 18.2 Å². The molecule has 118 valence electrons. The molecule has 0 aromatic heterocycles. The Morgan fingerprint density at radius 2 is 1.95 bits per heavy atom. The predicted molar refractivity (Wildman–Crippen MR) is 86.0 cm³/mol. The van der Waals surface area contributed by atoms with Gasteiger partial charge >= 0.3 is 0 Å². The molecule has 0 aliphatic rings. The number of hydrogen-bond donors (Lipinski definition) is 1. The maximum absolute atomic E-state index is 12.0.